The molecule has 0 radical (unpaired) electrons. The summed E-state index contributed by atoms with van der Waals surface area (Å²) in [6.07, 6.45) is 0. The molecule has 3 N–H and O–H groups in total. The summed E-state index contributed by atoms with van der Waals surface area (Å²) in [5.41, 5.74) is 8.43. The molecule has 2 aromatic rings. The van der Waals surface area contributed by atoms with Crippen molar-refractivity contribution in [1.82, 2.24) is 0 Å². The number of fused-ring (bicyclic) bond motifs is 1. The molecule has 25 heavy (non-hydrogen) atoms. The molecule has 0 fully saturated rings. The number of para-hydroxylation sites is 1. The van der Waals surface area contributed by atoms with Gasteiger partial charge in [-0.1, -0.05) is 41.7 Å². The monoisotopic (exact) mass is 371 g/mol. The lowest BCUT2D eigenvalue weighted by molar-refractivity contribution is -0.115. The minimum absolute atomic E-state index is 0.112. The summed E-state index contributed by atoms with van der Waals surface area (Å²) in [6, 6.07) is 14.5. The van der Waals surface area contributed by atoms with E-state index in [0.29, 0.717) is 11.3 Å². The number of aliphatic imine (C=N–C) groups is 1. The number of nitrogens with zero attached hydrogens (tertiary/aromatic N) is 1. The third kappa shape index (κ3) is 4.43. The molecule has 0 aromatic heterocycles. The fourth-order valence-electron chi connectivity index (χ4n) is 2.24. The number of primary amides is 1. The van der Waals surface area contributed by atoms with Crippen LogP contribution in [0.2, 0.25) is 0 Å². The maximum atomic E-state index is 12.4. The van der Waals surface area contributed by atoms with Crippen molar-refractivity contribution in [3.05, 3.63) is 59.7 Å². The van der Waals surface area contributed by atoms with Crippen molar-refractivity contribution in [2.75, 3.05) is 5.32 Å². The molecule has 128 valence electrons. The Hall–Kier alpha value is -2.25. The van der Waals surface area contributed by atoms with Gasteiger partial charge >= 0.3 is 0 Å². The summed E-state index contributed by atoms with van der Waals surface area (Å²) in [4.78, 5) is 28.0. The Labute approximate surface area is 154 Å². The summed E-state index contributed by atoms with van der Waals surface area (Å²) in [5, 5.41) is 2.56. The predicted octanol–water partition coefficient (Wildman–Crippen LogP) is 3.78. The molecule has 3 rings (SSSR count). The van der Waals surface area contributed by atoms with E-state index in [9.17, 15) is 9.59 Å². The van der Waals surface area contributed by atoms with E-state index in [1.807, 2.05) is 25.1 Å². The van der Waals surface area contributed by atoms with Gasteiger partial charge in [0, 0.05) is 17.0 Å². The number of amides is 2. The normalized spacial score (nSPS) is 14.2. The van der Waals surface area contributed by atoms with E-state index in [-0.39, 0.29) is 11.2 Å². The van der Waals surface area contributed by atoms with E-state index in [1.54, 1.807) is 36.0 Å². The third-order valence-corrected chi connectivity index (χ3v) is 5.93. The fourth-order valence-corrected chi connectivity index (χ4v) is 4.43. The zero-order valence-electron chi connectivity index (χ0n) is 13.6. The molecule has 1 atom stereocenters. The van der Waals surface area contributed by atoms with Gasteiger partial charge in [-0.3, -0.25) is 9.59 Å². The Morgan fingerprint density at radius 3 is 2.64 bits per heavy atom. The van der Waals surface area contributed by atoms with Crippen molar-refractivity contribution in [3.8, 4) is 0 Å². The van der Waals surface area contributed by atoms with Gasteiger partial charge in [-0.05, 0) is 42.8 Å². The van der Waals surface area contributed by atoms with Gasteiger partial charge in [0.1, 0.15) is 4.38 Å². The quantitative estimate of drug-likeness (QED) is 0.856. The van der Waals surface area contributed by atoms with Gasteiger partial charge in [-0.2, -0.15) is 0 Å². The smallest absolute Gasteiger partial charge is 0.248 e. The Kier molecular flexibility index (Phi) is 5.45. The predicted molar refractivity (Wildman–Crippen MR) is 105 cm³/mol. The number of carbonyl (C=O) groups excluding carboxylic acids is 2. The topological polar surface area (TPSA) is 84.6 Å². The number of nitrogens with two attached hydrogens (primary N) is 1. The molecule has 0 saturated heterocycles. The number of anilines is 1. The van der Waals surface area contributed by atoms with Gasteiger partial charge in [0.05, 0.1) is 10.9 Å². The number of hydrogen-bond donors (Lipinski definition) is 2. The van der Waals surface area contributed by atoms with E-state index in [1.165, 1.54) is 17.3 Å². The van der Waals surface area contributed by atoms with Crippen LogP contribution in [-0.2, 0) is 10.5 Å². The Balaban J connectivity index is 1.61. The molecule has 2 aromatic carbocycles. The van der Waals surface area contributed by atoms with E-state index in [0.717, 1.165) is 15.8 Å². The van der Waals surface area contributed by atoms with Crippen LogP contribution in [0.3, 0.4) is 0 Å². The maximum absolute atomic E-state index is 12.4. The minimum Gasteiger partial charge on any atom is -0.366 e. The first-order chi connectivity index (χ1) is 12.0. The molecule has 0 aliphatic carbocycles. The minimum atomic E-state index is -0.491. The standard InChI is InChI=1S/C18H17N3O2S2/c1-11(17(23)20-14-8-6-12(7-9-14)16(19)22)25-18-21-15-5-3-2-4-13(15)10-24-18/h2-9,11H,10H2,1H3,(H2,19,22)(H,20,23). The second-order valence-corrected chi connectivity index (χ2v) is 8.04. The van der Waals surface area contributed by atoms with Crippen molar-refractivity contribution >= 4 is 51.1 Å². The van der Waals surface area contributed by atoms with Crippen molar-refractivity contribution in [2.45, 2.75) is 17.9 Å². The molecule has 1 unspecified atom stereocenters. The molecule has 7 heteroatoms. The number of hydrogen-bond acceptors (Lipinski definition) is 5. The molecule has 0 spiro atoms. The highest BCUT2D eigenvalue weighted by Gasteiger charge is 2.20. The van der Waals surface area contributed by atoms with Crippen molar-refractivity contribution in [2.24, 2.45) is 10.7 Å². The number of thioether (sulfide) groups is 2. The van der Waals surface area contributed by atoms with Gasteiger partial charge in [-0.15, -0.1) is 0 Å². The molecule has 0 bridgehead atoms. The van der Waals surface area contributed by atoms with Crippen LogP contribution in [0.4, 0.5) is 11.4 Å². The summed E-state index contributed by atoms with van der Waals surface area (Å²) in [7, 11) is 0. The van der Waals surface area contributed by atoms with Gasteiger partial charge in [-0.25, -0.2) is 4.99 Å². The van der Waals surface area contributed by atoms with Gasteiger partial charge < -0.3 is 11.1 Å². The largest absolute Gasteiger partial charge is 0.366 e. The lowest BCUT2D eigenvalue weighted by Gasteiger charge is -2.17. The number of benzene rings is 2. The first-order valence-electron chi connectivity index (χ1n) is 7.70. The van der Waals surface area contributed by atoms with Gasteiger partial charge in [0.15, 0.2) is 0 Å². The highest BCUT2D eigenvalue weighted by atomic mass is 32.2. The summed E-state index contributed by atoms with van der Waals surface area (Å²) in [6.45, 7) is 1.85. The maximum Gasteiger partial charge on any atom is 0.248 e. The van der Waals surface area contributed by atoms with E-state index < -0.39 is 5.91 Å². The van der Waals surface area contributed by atoms with Crippen molar-refractivity contribution < 1.29 is 9.59 Å². The van der Waals surface area contributed by atoms with Gasteiger partial charge in [0.25, 0.3) is 0 Å². The lowest BCUT2D eigenvalue weighted by Crippen LogP contribution is -2.23. The highest BCUT2D eigenvalue weighted by molar-refractivity contribution is 8.39. The Morgan fingerprint density at radius 1 is 1.20 bits per heavy atom. The third-order valence-electron chi connectivity index (χ3n) is 3.64. The second kappa shape index (κ2) is 7.76. The summed E-state index contributed by atoms with van der Waals surface area (Å²) in [5.74, 6) is 0.263. The van der Waals surface area contributed by atoms with Crippen LogP contribution in [0.5, 0.6) is 0 Å². The summed E-state index contributed by atoms with van der Waals surface area (Å²) >= 11 is 3.09. The molecule has 0 saturated carbocycles. The van der Waals surface area contributed by atoms with Crippen LogP contribution < -0.4 is 11.1 Å². The molecule has 5 nitrogen and oxygen atoms in total. The SMILES string of the molecule is CC(SC1=Nc2ccccc2CS1)C(=O)Nc1ccc(C(N)=O)cc1. The van der Waals surface area contributed by atoms with Crippen LogP contribution in [0.25, 0.3) is 0 Å². The molecule has 1 heterocycles. The van der Waals surface area contributed by atoms with Crippen molar-refractivity contribution in [3.63, 3.8) is 0 Å². The zero-order valence-corrected chi connectivity index (χ0v) is 15.2. The lowest BCUT2D eigenvalue weighted by atomic mass is 10.2. The second-order valence-electron chi connectivity index (χ2n) is 5.49. The van der Waals surface area contributed by atoms with Crippen LogP contribution >= 0.6 is 23.5 Å². The molecular formula is C18H17N3O2S2. The van der Waals surface area contributed by atoms with Crippen LogP contribution in [-0.4, -0.2) is 21.4 Å². The van der Waals surface area contributed by atoms with Crippen molar-refractivity contribution in [1.29, 1.82) is 0 Å². The first-order valence-corrected chi connectivity index (χ1v) is 9.56. The molecule has 2 amide bonds. The van der Waals surface area contributed by atoms with Crippen LogP contribution in [0.15, 0.2) is 53.5 Å². The van der Waals surface area contributed by atoms with E-state index in [4.69, 9.17) is 5.73 Å². The van der Waals surface area contributed by atoms with E-state index >= 15 is 0 Å². The summed E-state index contributed by atoms with van der Waals surface area (Å²) < 4.78 is 0.894. The highest BCUT2D eigenvalue weighted by Crippen LogP contribution is 2.35. The number of nitrogens with one attached hydrogen (secondary N) is 1. The average Bonchev–Trinajstić information content (AvgIpc) is 2.62. The Bertz CT molecular complexity index is 834. The van der Waals surface area contributed by atoms with Crippen LogP contribution in [0.1, 0.15) is 22.8 Å². The number of carbonyl (C=O) groups is 2. The molecule has 1 aliphatic rings. The van der Waals surface area contributed by atoms with E-state index in [2.05, 4.69) is 16.4 Å². The average molecular weight is 371 g/mol. The molecule has 1 aliphatic heterocycles. The van der Waals surface area contributed by atoms with Crippen LogP contribution in [0, 0.1) is 0 Å². The zero-order chi connectivity index (χ0) is 17.8. The van der Waals surface area contributed by atoms with Gasteiger partial charge in [0.2, 0.25) is 11.8 Å². The Morgan fingerprint density at radius 2 is 1.92 bits per heavy atom. The molecular weight excluding hydrogens is 354 g/mol. The number of rotatable bonds is 4. The fraction of sp³-hybridized carbons (Fsp3) is 0.167. The first kappa shape index (κ1) is 17.6.